The summed E-state index contributed by atoms with van der Waals surface area (Å²) < 4.78 is 15.5. The largest absolute Gasteiger partial charge is 0.482 e. The van der Waals surface area contributed by atoms with Crippen molar-refractivity contribution in [3.8, 4) is 5.75 Å². The molecule has 1 saturated heterocycles. The van der Waals surface area contributed by atoms with Crippen LogP contribution in [0.25, 0.3) is 0 Å². The number of morpholine rings is 1. The third-order valence-electron chi connectivity index (χ3n) is 3.52. The van der Waals surface area contributed by atoms with Crippen molar-refractivity contribution in [2.75, 3.05) is 39.5 Å². The number of carbonyl (C=O) groups is 2. The molecular weight excluding hydrogens is 348 g/mol. The average Bonchev–Trinajstić information content (AvgIpc) is 2.62. The second-order valence-corrected chi connectivity index (χ2v) is 5.34. The zero-order valence-corrected chi connectivity index (χ0v) is 15.1. The third kappa shape index (κ3) is 7.72. The first-order chi connectivity index (χ1) is 11.7. The van der Waals surface area contributed by atoms with Crippen molar-refractivity contribution in [2.24, 2.45) is 0 Å². The number of esters is 1. The van der Waals surface area contributed by atoms with Crippen molar-refractivity contribution in [3.05, 3.63) is 29.8 Å². The van der Waals surface area contributed by atoms with Gasteiger partial charge < -0.3 is 24.8 Å². The van der Waals surface area contributed by atoms with Gasteiger partial charge in [0, 0.05) is 19.6 Å². The standard InChI is InChI=1S/C17H24N2O5.ClH/c1-2-22-16(20)12-24-14-5-3-13(4-6-14)7-8-19-17(21)15-11-18-9-10-23-15;/h3-6,15,18H,2,7-12H2,1H3,(H,19,21);1H. The molecule has 2 N–H and O–H groups in total. The minimum Gasteiger partial charge on any atom is -0.482 e. The normalized spacial score (nSPS) is 16.4. The Balaban J connectivity index is 0.00000312. The van der Waals surface area contributed by atoms with Crippen LogP contribution in [0.5, 0.6) is 5.75 Å². The maximum atomic E-state index is 11.9. The van der Waals surface area contributed by atoms with E-state index in [1.165, 1.54) is 0 Å². The van der Waals surface area contributed by atoms with Crippen LogP contribution in [0.15, 0.2) is 24.3 Å². The predicted molar refractivity (Wildman–Crippen MR) is 95.1 cm³/mol. The maximum absolute atomic E-state index is 11.9. The second kappa shape index (κ2) is 11.7. The minimum absolute atomic E-state index is 0. The van der Waals surface area contributed by atoms with Gasteiger partial charge in [0.25, 0.3) is 0 Å². The first-order valence-corrected chi connectivity index (χ1v) is 8.16. The van der Waals surface area contributed by atoms with E-state index in [4.69, 9.17) is 14.2 Å². The number of benzene rings is 1. The van der Waals surface area contributed by atoms with Gasteiger partial charge in [-0.2, -0.15) is 0 Å². The van der Waals surface area contributed by atoms with E-state index in [2.05, 4.69) is 10.6 Å². The lowest BCUT2D eigenvalue weighted by Crippen LogP contribution is -2.48. The third-order valence-corrected chi connectivity index (χ3v) is 3.52. The maximum Gasteiger partial charge on any atom is 0.344 e. The van der Waals surface area contributed by atoms with Gasteiger partial charge in [0.15, 0.2) is 6.61 Å². The molecule has 1 unspecified atom stereocenters. The van der Waals surface area contributed by atoms with Crippen molar-refractivity contribution in [1.29, 1.82) is 0 Å². The van der Waals surface area contributed by atoms with Crippen LogP contribution in [0.2, 0.25) is 0 Å². The molecule has 1 aliphatic heterocycles. The highest BCUT2D eigenvalue weighted by atomic mass is 35.5. The summed E-state index contributed by atoms with van der Waals surface area (Å²) in [6, 6.07) is 7.41. The quantitative estimate of drug-likeness (QED) is 0.653. The summed E-state index contributed by atoms with van der Waals surface area (Å²) >= 11 is 0. The Labute approximate surface area is 153 Å². The lowest BCUT2D eigenvalue weighted by Gasteiger charge is -2.22. The van der Waals surface area contributed by atoms with Gasteiger partial charge in [-0.25, -0.2) is 4.79 Å². The number of carbonyl (C=O) groups excluding carboxylic acids is 2. The molecule has 0 spiro atoms. The Morgan fingerprint density at radius 1 is 1.32 bits per heavy atom. The van der Waals surface area contributed by atoms with Crippen molar-refractivity contribution in [2.45, 2.75) is 19.4 Å². The molecule has 0 saturated carbocycles. The highest BCUT2D eigenvalue weighted by Crippen LogP contribution is 2.12. The smallest absolute Gasteiger partial charge is 0.344 e. The van der Waals surface area contributed by atoms with Crippen LogP contribution in [0.1, 0.15) is 12.5 Å². The molecule has 0 radical (unpaired) electrons. The van der Waals surface area contributed by atoms with Gasteiger partial charge in [0.05, 0.1) is 13.2 Å². The zero-order valence-electron chi connectivity index (χ0n) is 14.3. The summed E-state index contributed by atoms with van der Waals surface area (Å²) in [5.74, 6) is 0.137. The van der Waals surface area contributed by atoms with E-state index in [0.717, 1.165) is 12.1 Å². The van der Waals surface area contributed by atoms with Crippen molar-refractivity contribution < 1.29 is 23.8 Å². The molecule has 1 atom stereocenters. The molecule has 0 aliphatic carbocycles. The Morgan fingerprint density at radius 2 is 2.08 bits per heavy atom. The molecule has 0 bridgehead atoms. The lowest BCUT2D eigenvalue weighted by molar-refractivity contribution is -0.145. The van der Waals surface area contributed by atoms with Crippen LogP contribution in [0.3, 0.4) is 0 Å². The minimum atomic E-state index is -0.405. The van der Waals surface area contributed by atoms with Gasteiger partial charge in [-0.15, -0.1) is 12.4 Å². The molecule has 7 nitrogen and oxygen atoms in total. The molecular formula is C17H25ClN2O5. The average molecular weight is 373 g/mol. The molecule has 25 heavy (non-hydrogen) atoms. The van der Waals surface area contributed by atoms with Crippen LogP contribution in [-0.4, -0.2) is 57.4 Å². The highest BCUT2D eigenvalue weighted by Gasteiger charge is 2.20. The highest BCUT2D eigenvalue weighted by molar-refractivity contribution is 5.85. The van der Waals surface area contributed by atoms with E-state index >= 15 is 0 Å². The molecule has 0 aromatic heterocycles. The molecule has 1 fully saturated rings. The molecule has 1 aromatic carbocycles. The number of nitrogens with one attached hydrogen (secondary N) is 2. The van der Waals surface area contributed by atoms with E-state index in [-0.39, 0.29) is 30.9 Å². The first-order valence-electron chi connectivity index (χ1n) is 8.16. The van der Waals surface area contributed by atoms with Gasteiger partial charge in [-0.3, -0.25) is 4.79 Å². The molecule has 8 heteroatoms. The predicted octanol–water partition coefficient (Wildman–Crippen LogP) is 0.697. The number of rotatable bonds is 8. The first kappa shape index (κ1) is 21.2. The monoisotopic (exact) mass is 372 g/mol. The van der Waals surface area contributed by atoms with Gasteiger partial charge in [0.1, 0.15) is 11.9 Å². The molecule has 2 rings (SSSR count). The molecule has 1 aromatic rings. The van der Waals surface area contributed by atoms with Crippen LogP contribution in [-0.2, 0) is 25.5 Å². The van der Waals surface area contributed by atoms with Crippen molar-refractivity contribution in [1.82, 2.24) is 10.6 Å². The summed E-state index contributed by atoms with van der Waals surface area (Å²) in [5.41, 5.74) is 1.07. The van der Waals surface area contributed by atoms with E-state index in [9.17, 15) is 9.59 Å². The van der Waals surface area contributed by atoms with E-state index in [1.54, 1.807) is 19.1 Å². The topological polar surface area (TPSA) is 85.9 Å². The summed E-state index contributed by atoms with van der Waals surface area (Å²) in [4.78, 5) is 23.1. The van der Waals surface area contributed by atoms with Crippen LogP contribution >= 0.6 is 12.4 Å². The number of halogens is 1. The fourth-order valence-electron chi connectivity index (χ4n) is 2.27. The van der Waals surface area contributed by atoms with Crippen LogP contribution in [0.4, 0.5) is 0 Å². The van der Waals surface area contributed by atoms with Gasteiger partial charge in [-0.05, 0) is 31.0 Å². The Morgan fingerprint density at radius 3 is 2.72 bits per heavy atom. The second-order valence-electron chi connectivity index (χ2n) is 5.34. The van der Waals surface area contributed by atoms with Crippen molar-refractivity contribution >= 4 is 24.3 Å². The van der Waals surface area contributed by atoms with Crippen molar-refractivity contribution in [3.63, 3.8) is 0 Å². The van der Waals surface area contributed by atoms with Gasteiger partial charge in [-0.1, -0.05) is 12.1 Å². The molecule has 1 heterocycles. The van der Waals surface area contributed by atoms with E-state index in [0.29, 0.717) is 38.5 Å². The van der Waals surface area contributed by atoms with Gasteiger partial charge >= 0.3 is 5.97 Å². The Kier molecular flexibility index (Phi) is 9.91. The Hall–Kier alpha value is -1.83. The fraction of sp³-hybridized carbons (Fsp3) is 0.529. The van der Waals surface area contributed by atoms with E-state index in [1.807, 2.05) is 12.1 Å². The summed E-state index contributed by atoms with van der Waals surface area (Å²) in [7, 11) is 0. The van der Waals surface area contributed by atoms with Crippen LogP contribution in [0, 0.1) is 0 Å². The fourth-order valence-corrected chi connectivity index (χ4v) is 2.27. The van der Waals surface area contributed by atoms with Crippen LogP contribution < -0.4 is 15.4 Å². The molecule has 140 valence electrons. The SMILES string of the molecule is CCOC(=O)COc1ccc(CCNC(=O)C2CNCCO2)cc1.Cl. The number of hydrogen-bond donors (Lipinski definition) is 2. The Bertz CT molecular complexity index is 532. The zero-order chi connectivity index (χ0) is 17.2. The summed E-state index contributed by atoms with van der Waals surface area (Å²) in [5, 5.41) is 6.00. The lowest BCUT2D eigenvalue weighted by atomic mass is 10.1. The van der Waals surface area contributed by atoms with E-state index < -0.39 is 6.10 Å². The van der Waals surface area contributed by atoms with Gasteiger partial charge in [0.2, 0.25) is 5.91 Å². The molecule has 1 amide bonds. The number of amides is 1. The summed E-state index contributed by atoms with van der Waals surface area (Å²) in [6.45, 7) is 4.44. The number of hydrogen-bond acceptors (Lipinski definition) is 6. The molecule has 1 aliphatic rings. The number of ether oxygens (including phenoxy) is 3. The summed E-state index contributed by atoms with van der Waals surface area (Å²) in [6.07, 6.45) is 0.307.